The lowest BCUT2D eigenvalue weighted by atomic mass is 10.4. The first-order valence-corrected chi connectivity index (χ1v) is 7.58. The van der Waals surface area contributed by atoms with Crippen molar-refractivity contribution in [3.05, 3.63) is 16.7 Å². The molecule has 2 heterocycles. The zero-order chi connectivity index (χ0) is 12.5. The summed E-state index contributed by atoms with van der Waals surface area (Å²) in [6.45, 7) is 0.178. The van der Waals surface area contributed by atoms with Crippen LogP contribution in [0.1, 0.15) is 0 Å². The standard InChI is InChI=1S/C8H9ClN4O2S2/c9-8-12-6(11-2-4-17(10,14)15)5-1-3-16-7(5)13-8/h1,3H,2,4H2,(H2,10,14,15)(H,11,12,13). The van der Waals surface area contributed by atoms with Crippen molar-refractivity contribution in [2.75, 3.05) is 17.6 Å². The van der Waals surface area contributed by atoms with Gasteiger partial charge in [0.1, 0.15) is 10.6 Å². The van der Waals surface area contributed by atoms with Crippen molar-refractivity contribution in [1.29, 1.82) is 0 Å². The Morgan fingerprint density at radius 1 is 1.47 bits per heavy atom. The maximum absolute atomic E-state index is 10.8. The van der Waals surface area contributed by atoms with Crippen molar-refractivity contribution < 1.29 is 8.42 Å². The number of anilines is 1. The van der Waals surface area contributed by atoms with Gasteiger partial charge < -0.3 is 5.32 Å². The van der Waals surface area contributed by atoms with Crippen LogP contribution in [0.15, 0.2) is 11.4 Å². The van der Waals surface area contributed by atoms with Crippen LogP contribution in [0.5, 0.6) is 0 Å². The number of sulfonamides is 1. The van der Waals surface area contributed by atoms with E-state index < -0.39 is 10.0 Å². The molecular weight excluding hydrogens is 284 g/mol. The third-order valence-corrected chi connectivity index (χ3v) is 3.73. The third kappa shape index (κ3) is 3.25. The lowest BCUT2D eigenvalue weighted by Gasteiger charge is -2.05. The molecule has 2 rings (SSSR count). The van der Waals surface area contributed by atoms with Gasteiger partial charge in [0.2, 0.25) is 15.3 Å². The second-order valence-electron chi connectivity index (χ2n) is 3.27. The van der Waals surface area contributed by atoms with Crippen LogP contribution in [-0.4, -0.2) is 30.7 Å². The summed E-state index contributed by atoms with van der Waals surface area (Å²) in [5.74, 6) is 0.352. The fourth-order valence-electron chi connectivity index (χ4n) is 1.28. The zero-order valence-electron chi connectivity index (χ0n) is 8.55. The first kappa shape index (κ1) is 12.5. The van der Waals surface area contributed by atoms with Gasteiger partial charge in [-0.2, -0.15) is 0 Å². The number of hydrogen-bond donors (Lipinski definition) is 2. The van der Waals surface area contributed by atoms with Crippen molar-refractivity contribution in [2.24, 2.45) is 5.14 Å². The van der Waals surface area contributed by atoms with Gasteiger partial charge in [0, 0.05) is 6.54 Å². The normalized spacial score (nSPS) is 11.9. The number of aromatic nitrogens is 2. The predicted octanol–water partition coefficient (Wildman–Crippen LogP) is 1.05. The van der Waals surface area contributed by atoms with E-state index in [1.807, 2.05) is 11.4 Å². The van der Waals surface area contributed by atoms with E-state index in [0.717, 1.165) is 10.2 Å². The smallest absolute Gasteiger partial charge is 0.225 e. The fraction of sp³-hybridized carbons (Fsp3) is 0.250. The van der Waals surface area contributed by atoms with Gasteiger partial charge in [-0.3, -0.25) is 0 Å². The van der Waals surface area contributed by atoms with Crippen LogP contribution in [-0.2, 0) is 10.0 Å². The van der Waals surface area contributed by atoms with E-state index in [0.29, 0.717) is 5.82 Å². The molecule has 17 heavy (non-hydrogen) atoms. The molecule has 92 valence electrons. The van der Waals surface area contributed by atoms with Crippen LogP contribution in [0.3, 0.4) is 0 Å². The maximum atomic E-state index is 10.8. The zero-order valence-corrected chi connectivity index (χ0v) is 10.9. The van der Waals surface area contributed by atoms with E-state index in [4.69, 9.17) is 16.7 Å². The molecule has 0 saturated carbocycles. The second kappa shape index (κ2) is 4.73. The largest absolute Gasteiger partial charge is 0.368 e. The van der Waals surface area contributed by atoms with Gasteiger partial charge >= 0.3 is 0 Å². The van der Waals surface area contributed by atoms with Crippen molar-refractivity contribution in [1.82, 2.24) is 9.97 Å². The van der Waals surface area contributed by atoms with Gasteiger partial charge in [-0.25, -0.2) is 23.5 Å². The van der Waals surface area contributed by atoms with Gasteiger partial charge in [0.15, 0.2) is 0 Å². The SMILES string of the molecule is NS(=O)(=O)CCNc1nc(Cl)nc2sccc12. The molecule has 0 aliphatic rings. The lowest BCUT2D eigenvalue weighted by molar-refractivity contribution is 0.598. The average molecular weight is 293 g/mol. The number of rotatable bonds is 4. The molecule has 0 aliphatic heterocycles. The Balaban J connectivity index is 2.20. The van der Waals surface area contributed by atoms with Crippen molar-refractivity contribution >= 4 is 49.0 Å². The molecule has 0 saturated heterocycles. The molecule has 6 nitrogen and oxygen atoms in total. The highest BCUT2D eigenvalue weighted by Crippen LogP contribution is 2.26. The molecular formula is C8H9ClN4O2S2. The third-order valence-electron chi connectivity index (χ3n) is 1.98. The van der Waals surface area contributed by atoms with Crippen LogP contribution < -0.4 is 10.5 Å². The van der Waals surface area contributed by atoms with Gasteiger partial charge in [-0.15, -0.1) is 11.3 Å². The molecule has 0 amide bonds. The molecule has 2 aromatic heterocycles. The van der Waals surface area contributed by atoms with Gasteiger partial charge in [0.25, 0.3) is 0 Å². The van der Waals surface area contributed by atoms with E-state index in [9.17, 15) is 8.42 Å². The molecule has 0 spiro atoms. The van der Waals surface area contributed by atoms with Crippen LogP contribution >= 0.6 is 22.9 Å². The molecule has 0 unspecified atom stereocenters. The number of fused-ring (bicyclic) bond motifs is 1. The van der Waals surface area contributed by atoms with E-state index in [1.54, 1.807) is 0 Å². The van der Waals surface area contributed by atoms with E-state index in [1.165, 1.54) is 11.3 Å². The lowest BCUT2D eigenvalue weighted by Crippen LogP contribution is -2.22. The summed E-state index contributed by atoms with van der Waals surface area (Å²) >= 11 is 7.19. The number of thiophene rings is 1. The molecule has 0 radical (unpaired) electrons. The molecule has 2 aromatic rings. The first-order valence-electron chi connectivity index (χ1n) is 4.61. The summed E-state index contributed by atoms with van der Waals surface area (Å²) in [4.78, 5) is 8.80. The molecule has 3 N–H and O–H groups in total. The van der Waals surface area contributed by atoms with Gasteiger partial charge in [-0.05, 0) is 23.0 Å². The number of primary sulfonamides is 1. The molecule has 0 fully saturated rings. The van der Waals surface area contributed by atoms with Crippen molar-refractivity contribution in [2.45, 2.75) is 0 Å². The van der Waals surface area contributed by atoms with Crippen molar-refractivity contribution in [3.8, 4) is 0 Å². The summed E-state index contributed by atoms with van der Waals surface area (Å²) < 4.78 is 21.6. The molecule has 9 heteroatoms. The molecule has 0 aliphatic carbocycles. The summed E-state index contributed by atoms with van der Waals surface area (Å²) in [5, 5.41) is 10.6. The molecule has 0 bridgehead atoms. The Bertz CT molecular complexity index is 640. The number of nitrogens with one attached hydrogen (secondary N) is 1. The fourth-order valence-corrected chi connectivity index (χ4v) is 2.65. The number of nitrogens with zero attached hydrogens (tertiary/aromatic N) is 2. The van der Waals surface area contributed by atoms with E-state index in [-0.39, 0.29) is 17.6 Å². The highest BCUT2D eigenvalue weighted by Gasteiger charge is 2.08. The van der Waals surface area contributed by atoms with Crippen molar-refractivity contribution in [3.63, 3.8) is 0 Å². The minimum atomic E-state index is -3.48. The van der Waals surface area contributed by atoms with Crippen LogP contribution in [0.25, 0.3) is 10.2 Å². The quantitative estimate of drug-likeness (QED) is 0.821. The minimum absolute atomic E-state index is 0.123. The monoisotopic (exact) mass is 292 g/mol. The highest BCUT2D eigenvalue weighted by atomic mass is 35.5. The Morgan fingerprint density at radius 3 is 2.94 bits per heavy atom. The molecule has 0 atom stereocenters. The summed E-state index contributed by atoms with van der Waals surface area (Å²) in [5.41, 5.74) is 0. The Kier molecular flexibility index (Phi) is 3.48. The van der Waals surface area contributed by atoms with E-state index in [2.05, 4.69) is 15.3 Å². The number of halogens is 1. The minimum Gasteiger partial charge on any atom is -0.368 e. The maximum Gasteiger partial charge on any atom is 0.225 e. The number of nitrogens with two attached hydrogens (primary N) is 1. The second-order valence-corrected chi connectivity index (χ2v) is 6.24. The Hall–Kier alpha value is -0.960. The first-order chi connectivity index (χ1) is 7.96. The van der Waals surface area contributed by atoms with Gasteiger partial charge in [0.05, 0.1) is 11.1 Å². The predicted molar refractivity (Wildman–Crippen MR) is 68.9 cm³/mol. The topological polar surface area (TPSA) is 98.0 Å². The summed E-state index contributed by atoms with van der Waals surface area (Å²) in [7, 11) is -3.48. The van der Waals surface area contributed by atoms with Crippen LogP contribution in [0.4, 0.5) is 5.82 Å². The summed E-state index contributed by atoms with van der Waals surface area (Å²) in [6.07, 6.45) is 0. The average Bonchev–Trinajstić information content (AvgIpc) is 2.63. The van der Waals surface area contributed by atoms with Crippen LogP contribution in [0, 0.1) is 0 Å². The summed E-state index contributed by atoms with van der Waals surface area (Å²) in [6, 6.07) is 1.84. The number of hydrogen-bond acceptors (Lipinski definition) is 6. The van der Waals surface area contributed by atoms with Gasteiger partial charge in [-0.1, -0.05) is 0 Å². The van der Waals surface area contributed by atoms with E-state index >= 15 is 0 Å². The molecule has 0 aromatic carbocycles. The Labute approximate surface area is 107 Å². The van der Waals surface area contributed by atoms with Crippen LogP contribution in [0.2, 0.25) is 5.28 Å². The highest BCUT2D eigenvalue weighted by molar-refractivity contribution is 7.89. The Morgan fingerprint density at radius 2 is 2.24 bits per heavy atom.